The van der Waals surface area contributed by atoms with Crippen LogP contribution in [0.2, 0.25) is 0 Å². The highest BCUT2D eigenvalue weighted by molar-refractivity contribution is 5.70. The summed E-state index contributed by atoms with van der Waals surface area (Å²) in [6, 6.07) is 0.923. The zero-order chi connectivity index (χ0) is 12.3. The number of nitrogens with two attached hydrogens (primary N) is 1. The third kappa shape index (κ3) is 2.69. The topological polar surface area (TPSA) is 76.2 Å². The molecule has 0 aliphatic heterocycles. The van der Waals surface area contributed by atoms with Crippen molar-refractivity contribution < 1.29 is 23.1 Å². The monoisotopic (exact) mass is 234 g/mol. The highest BCUT2D eigenvalue weighted by Crippen LogP contribution is 2.25. The van der Waals surface area contributed by atoms with Crippen LogP contribution in [0, 0.1) is 5.95 Å². The third-order valence-electron chi connectivity index (χ3n) is 1.93. The minimum atomic E-state index is -2.96. The van der Waals surface area contributed by atoms with Crippen molar-refractivity contribution in [2.24, 2.45) is 5.73 Å². The first-order valence-electron chi connectivity index (χ1n) is 4.34. The van der Waals surface area contributed by atoms with Gasteiger partial charge in [-0.25, -0.2) is 13.8 Å². The molecule has 0 fully saturated rings. The van der Waals surface area contributed by atoms with Crippen LogP contribution in [-0.2, 0) is 17.8 Å². The van der Waals surface area contributed by atoms with Crippen LogP contribution < -0.4 is 5.73 Å². The van der Waals surface area contributed by atoms with Gasteiger partial charge in [-0.2, -0.15) is 4.39 Å². The molecule has 0 aliphatic rings. The number of halogens is 3. The zero-order valence-corrected chi connectivity index (χ0v) is 8.08. The fraction of sp³-hybridized carbons (Fsp3) is 0.333. The van der Waals surface area contributed by atoms with Crippen molar-refractivity contribution in [1.82, 2.24) is 4.98 Å². The van der Waals surface area contributed by atoms with Crippen LogP contribution in [-0.4, -0.2) is 16.1 Å². The number of aromatic nitrogens is 1. The molecule has 0 aliphatic carbocycles. The van der Waals surface area contributed by atoms with Crippen LogP contribution in [0.1, 0.15) is 23.2 Å². The van der Waals surface area contributed by atoms with E-state index in [2.05, 4.69) is 4.98 Å². The average Bonchev–Trinajstić information content (AvgIpc) is 2.19. The van der Waals surface area contributed by atoms with Gasteiger partial charge in [-0.15, -0.1) is 0 Å². The van der Waals surface area contributed by atoms with Crippen molar-refractivity contribution in [1.29, 1.82) is 0 Å². The van der Waals surface area contributed by atoms with Gasteiger partial charge >= 0.3 is 5.97 Å². The zero-order valence-electron chi connectivity index (χ0n) is 8.08. The summed E-state index contributed by atoms with van der Waals surface area (Å²) in [6.45, 7) is -0.190. The fourth-order valence-corrected chi connectivity index (χ4v) is 1.24. The van der Waals surface area contributed by atoms with Crippen LogP contribution in [0.3, 0.4) is 0 Å². The Labute approximate surface area is 88.9 Å². The van der Waals surface area contributed by atoms with Gasteiger partial charge in [-0.1, -0.05) is 0 Å². The van der Waals surface area contributed by atoms with E-state index in [-0.39, 0.29) is 12.2 Å². The highest BCUT2D eigenvalue weighted by Gasteiger charge is 2.21. The van der Waals surface area contributed by atoms with Gasteiger partial charge in [0.1, 0.15) is 0 Å². The molecule has 1 aromatic heterocycles. The van der Waals surface area contributed by atoms with Gasteiger partial charge in [-0.3, -0.25) is 4.79 Å². The predicted octanol–water partition coefficient (Wildman–Crippen LogP) is 1.24. The summed E-state index contributed by atoms with van der Waals surface area (Å²) >= 11 is 0. The summed E-state index contributed by atoms with van der Waals surface area (Å²) < 4.78 is 38.3. The number of rotatable bonds is 4. The first kappa shape index (κ1) is 12.4. The van der Waals surface area contributed by atoms with Crippen molar-refractivity contribution in [3.63, 3.8) is 0 Å². The lowest BCUT2D eigenvalue weighted by Gasteiger charge is -2.09. The summed E-state index contributed by atoms with van der Waals surface area (Å²) in [5.41, 5.74) is 3.84. The maximum absolute atomic E-state index is 13.3. The second-order valence-corrected chi connectivity index (χ2v) is 3.05. The molecule has 0 saturated carbocycles. The van der Waals surface area contributed by atoms with E-state index in [9.17, 15) is 18.0 Å². The molecule has 1 aromatic rings. The third-order valence-corrected chi connectivity index (χ3v) is 1.93. The molecule has 0 atom stereocenters. The molecule has 0 aromatic carbocycles. The van der Waals surface area contributed by atoms with Crippen molar-refractivity contribution in [3.05, 3.63) is 28.8 Å². The molecule has 4 nitrogen and oxygen atoms in total. The van der Waals surface area contributed by atoms with E-state index in [1.807, 2.05) is 0 Å². The molecule has 1 heterocycles. The molecule has 16 heavy (non-hydrogen) atoms. The Kier molecular flexibility index (Phi) is 3.83. The first-order chi connectivity index (χ1) is 7.45. The Balaban J connectivity index is 3.27. The number of alkyl halides is 2. The molecule has 0 amide bonds. The standard InChI is InChI=1S/C9H9F3N2O2/c10-8(11)5-1-4(3-13)14-9(12)6(5)2-7(15)16/h1,8H,2-3,13H2,(H,15,16). The molecule has 0 saturated heterocycles. The van der Waals surface area contributed by atoms with Gasteiger partial charge in [-0.05, 0) is 6.07 Å². The Bertz CT molecular complexity index is 410. The molecule has 0 bridgehead atoms. The van der Waals surface area contributed by atoms with Crippen molar-refractivity contribution >= 4 is 5.97 Å². The highest BCUT2D eigenvalue weighted by atomic mass is 19.3. The Morgan fingerprint density at radius 3 is 2.62 bits per heavy atom. The van der Waals surface area contributed by atoms with E-state index in [0.29, 0.717) is 0 Å². The molecule has 88 valence electrons. The smallest absolute Gasteiger partial charge is 0.308 e. The number of carboxylic acids is 1. The minimum absolute atomic E-state index is 0.0399. The molecule has 7 heteroatoms. The molecular formula is C9H9F3N2O2. The molecule has 1 rings (SSSR count). The molecule has 0 unspecified atom stereocenters. The van der Waals surface area contributed by atoms with Crippen LogP contribution in [0.5, 0.6) is 0 Å². The van der Waals surface area contributed by atoms with E-state index >= 15 is 0 Å². The number of nitrogens with zero attached hydrogens (tertiary/aromatic N) is 1. The van der Waals surface area contributed by atoms with Gasteiger partial charge in [0.15, 0.2) is 0 Å². The summed E-state index contributed by atoms with van der Waals surface area (Å²) in [6.07, 6.45) is -3.79. The van der Waals surface area contributed by atoms with E-state index in [1.165, 1.54) is 0 Å². The SMILES string of the molecule is NCc1cc(C(F)F)c(CC(=O)O)c(F)n1. The van der Waals surface area contributed by atoms with Gasteiger partial charge in [0.25, 0.3) is 6.43 Å². The van der Waals surface area contributed by atoms with Crippen molar-refractivity contribution in [2.75, 3.05) is 0 Å². The molecule has 0 spiro atoms. The van der Waals surface area contributed by atoms with Gasteiger partial charge in [0.2, 0.25) is 5.95 Å². The normalized spacial score (nSPS) is 10.8. The number of pyridine rings is 1. The average molecular weight is 234 g/mol. The summed E-state index contributed by atoms with van der Waals surface area (Å²) in [4.78, 5) is 13.7. The first-order valence-corrected chi connectivity index (χ1v) is 4.34. The van der Waals surface area contributed by atoms with E-state index < -0.39 is 35.9 Å². The van der Waals surface area contributed by atoms with Gasteiger partial charge in [0.05, 0.1) is 12.1 Å². The van der Waals surface area contributed by atoms with Crippen molar-refractivity contribution in [3.8, 4) is 0 Å². The second-order valence-electron chi connectivity index (χ2n) is 3.05. The Morgan fingerprint density at radius 2 is 2.19 bits per heavy atom. The van der Waals surface area contributed by atoms with E-state index in [1.54, 1.807) is 0 Å². The van der Waals surface area contributed by atoms with E-state index in [4.69, 9.17) is 10.8 Å². The lowest BCUT2D eigenvalue weighted by Crippen LogP contribution is -2.11. The summed E-state index contributed by atoms with van der Waals surface area (Å²) in [7, 11) is 0. The Morgan fingerprint density at radius 1 is 1.56 bits per heavy atom. The Hall–Kier alpha value is -1.63. The van der Waals surface area contributed by atoms with Gasteiger partial charge < -0.3 is 10.8 Å². The largest absolute Gasteiger partial charge is 0.481 e. The molecule has 0 radical (unpaired) electrons. The van der Waals surface area contributed by atoms with Crippen LogP contribution in [0.25, 0.3) is 0 Å². The number of carboxylic acid groups (broad SMARTS) is 1. The quantitative estimate of drug-likeness (QED) is 0.768. The predicted molar refractivity (Wildman–Crippen MR) is 48.4 cm³/mol. The lowest BCUT2D eigenvalue weighted by molar-refractivity contribution is -0.136. The van der Waals surface area contributed by atoms with Crippen LogP contribution in [0.15, 0.2) is 6.07 Å². The van der Waals surface area contributed by atoms with Crippen LogP contribution >= 0.6 is 0 Å². The van der Waals surface area contributed by atoms with E-state index in [0.717, 1.165) is 6.07 Å². The summed E-state index contributed by atoms with van der Waals surface area (Å²) in [5.74, 6) is -2.61. The number of hydrogen-bond donors (Lipinski definition) is 2. The summed E-state index contributed by atoms with van der Waals surface area (Å²) in [5, 5.41) is 8.46. The van der Waals surface area contributed by atoms with Gasteiger partial charge in [0, 0.05) is 17.7 Å². The van der Waals surface area contributed by atoms with Crippen molar-refractivity contribution in [2.45, 2.75) is 19.4 Å². The number of hydrogen-bond acceptors (Lipinski definition) is 3. The minimum Gasteiger partial charge on any atom is -0.481 e. The fourth-order valence-electron chi connectivity index (χ4n) is 1.24. The molecule has 3 N–H and O–H groups in total. The maximum atomic E-state index is 13.3. The molecular weight excluding hydrogens is 225 g/mol. The number of carbonyl (C=O) groups is 1. The lowest BCUT2D eigenvalue weighted by atomic mass is 10.1. The maximum Gasteiger partial charge on any atom is 0.308 e. The second kappa shape index (κ2) is 4.93. The van der Waals surface area contributed by atoms with Crippen LogP contribution in [0.4, 0.5) is 13.2 Å². The number of aliphatic carboxylic acids is 1.